The summed E-state index contributed by atoms with van der Waals surface area (Å²) in [5.41, 5.74) is 1.30. The molecule has 3 nitrogen and oxygen atoms in total. The van der Waals surface area contributed by atoms with Gasteiger partial charge in [0.05, 0.1) is 0 Å². The smallest absolute Gasteiger partial charge is 0.191 e. The fourth-order valence-electron chi connectivity index (χ4n) is 2.27. The summed E-state index contributed by atoms with van der Waals surface area (Å²) < 4.78 is 3.43. The first-order chi connectivity index (χ1) is 9.65. The first-order valence-corrected chi connectivity index (χ1v) is 8.75. The first kappa shape index (κ1) is 14.1. The number of rotatable bonds is 5. The molecule has 0 unspecified atom stereocenters. The zero-order valence-corrected chi connectivity index (χ0v) is 14.1. The van der Waals surface area contributed by atoms with Gasteiger partial charge in [-0.25, -0.2) is 0 Å². The number of benzene rings is 1. The summed E-state index contributed by atoms with van der Waals surface area (Å²) in [4.78, 5) is 0. The van der Waals surface area contributed by atoms with Crippen LogP contribution in [0.3, 0.4) is 0 Å². The molecule has 5 heteroatoms. The highest BCUT2D eigenvalue weighted by Gasteiger charge is 2.31. The molecule has 20 heavy (non-hydrogen) atoms. The van der Waals surface area contributed by atoms with Crippen molar-refractivity contribution in [2.75, 3.05) is 0 Å². The van der Waals surface area contributed by atoms with Gasteiger partial charge >= 0.3 is 0 Å². The molecule has 1 aliphatic carbocycles. The monoisotopic (exact) mass is 351 g/mol. The zero-order valence-electron chi connectivity index (χ0n) is 11.7. The third kappa shape index (κ3) is 3.09. The van der Waals surface area contributed by atoms with Gasteiger partial charge in [0.2, 0.25) is 0 Å². The van der Waals surface area contributed by atoms with Gasteiger partial charge in [-0.15, -0.1) is 10.2 Å². The van der Waals surface area contributed by atoms with E-state index in [9.17, 15) is 0 Å². The standard InChI is InChI=1S/C15H18BrN3S/c1-10(2)19-14(12-6-7-12)17-18-15(19)20-9-11-4-3-5-13(16)8-11/h3-5,8,10,12H,6-7,9H2,1-2H3. The first-order valence-electron chi connectivity index (χ1n) is 6.97. The maximum Gasteiger partial charge on any atom is 0.191 e. The van der Waals surface area contributed by atoms with Gasteiger partial charge in [0.25, 0.3) is 0 Å². The third-order valence-corrected chi connectivity index (χ3v) is 4.91. The van der Waals surface area contributed by atoms with Crippen molar-refractivity contribution in [2.24, 2.45) is 0 Å². The molecule has 0 aliphatic heterocycles. The van der Waals surface area contributed by atoms with Crippen LogP contribution in [0.1, 0.15) is 50.0 Å². The zero-order chi connectivity index (χ0) is 14.1. The lowest BCUT2D eigenvalue weighted by molar-refractivity contribution is 0.526. The van der Waals surface area contributed by atoms with E-state index < -0.39 is 0 Å². The Balaban J connectivity index is 1.77. The van der Waals surface area contributed by atoms with E-state index in [1.807, 2.05) is 0 Å². The Hall–Kier alpha value is -0.810. The van der Waals surface area contributed by atoms with Crippen molar-refractivity contribution in [2.45, 2.75) is 49.6 Å². The van der Waals surface area contributed by atoms with Crippen molar-refractivity contribution in [1.29, 1.82) is 0 Å². The summed E-state index contributed by atoms with van der Waals surface area (Å²) in [6.45, 7) is 4.41. The minimum absolute atomic E-state index is 0.422. The van der Waals surface area contributed by atoms with Gasteiger partial charge in [-0.2, -0.15) is 0 Å². The Morgan fingerprint density at radius 1 is 1.35 bits per heavy atom. The average Bonchev–Trinajstić information content (AvgIpc) is 3.16. The minimum Gasteiger partial charge on any atom is -0.303 e. The van der Waals surface area contributed by atoms with Gasteiger partial charge in [0.1, 0.15) is 5.82 Å². The Kier molecular flexibility index (Phi) is 4.17. The van der Waals surface area contributed by atoms with Crippen LogP contribution in [0.25, 0.3) is 0 Å². The predicted molar refractivity (Wildman–Crippen MR) is 86.1 cm³/mol. The van der Waals surface area contributed by atoms with E-state index >= 15 is 0 Å². The molecular weight excluding hydrogens is 334 g/mol. The lowest BCUT2D eigenvalue weighted by Gasteiger charge is -2.13. The van der Waals surface area contributed by atoms with Crippen molar-refractivity contribution < 1.29 is 0 Å². The van der Waals surface area contributed by atoms with Crippen LogP contribution in [0.5, 0.6) is 0 Å². The van der Waals surface area contributed by atoms with Gasteiger partial charge < -0.3 is 4.57 Å². The number of nitrogens with zero attached hydrogens (tertiary/aromatic N) is 3. The Labute approximate surface area is 132 Å². The predicted octanol–water partition coefficient (Wildman–Crippen LogP) is 4.79. The van der Waals surface area contributed by atoms with Crippen LogP contribution >= 0.6 is 27.7 Å². The number of halogens is 1. The maximum absolute atomic E-state index is 4.41. The Morgan fingerprint density at radius 2 is 2.15 bits per heavy atom. The topological polar surface area (TPSA) is 30.7 Å². The van der Waals surface area contributed by atoms with E-state index in [1.165, 1.54) is 24.2 Å². The summed E-state index contributed by atoms with van der Waals surface area (Å²) in [7, 11) is 0. The summed E-state index contributed by atoms with van der Waals surface area (Å²) in [5.74, 6) is 2.75. The molecule has 1 aliphatic rings. The summed E-state index contributed by atoms with van der Waals surface area (Å²) in [6, 6.07) is 8.85. The number of hydrogen-bond donors (Lipinski definition) is 0. The molecule has 2 aromatic rings. The van der Waals surface area contributed by atoms with Crippen molar-refractivity contribution in [3.05, 3.63) is 40.1 Å². The van der Waals surface area contributed by atoms with Crippen molar-refractivity contribution in [3.8, 4) is 0 Å². The molecule has 1 aromatic carbocycles. The van der Waals surface area contributed by atoms with Crippen LogP contribution in [-0.2, 0) is 5.75 Å². The highest BCUT2D eigenvalue weighted by molar-refractivity contribution is 9.10. The van der Waals surface area contributed by atoms with E-state index in [-0.39, 0.29) is 0 Å². The molecule has 0 N–H and O–H groups in total. The molecule has 0 bridgehead atoms. The van der Waals surface area contributed by atoms with Crippen LogP contribution in [-0.4, -0.2) is 14.8 Å². The summed E-state index contributed by atoms with van der Waals surface area (Å²) in [5, 5.41) is 9.86. The lowest BCUT2D eigenvalue weighted by atomic mass is 10.2. The highest BCUT2D eigenvalue weighted by atomic mass is 79.9. The van der Waals surface area contributed by atoms with Crippen LogP contribution < -0.4 is 0 Å². The summed E-state index contributed by atoms with van der Waals surface area (Å²) in [6.07, 6.45) is 2.53. The molecule has 0 atom stereocenters. The molecule has 106 valence electrons. The van der Waals surface area contributed by atoms with E-state index in [1.54, 1.807) is 11.8 Å². The molecular formula is C15H18BrN3S. The molecule has 0 amide bonds. The van der Waals surface area contributed by atoms with Crippen LogP contribution in [0.15, 0.2) is 33.9 Å². The van der Waals surface area contributed by atoms with Gasteiger partial charge in [-0.05, 0) is 44.4 Å². The number of hydrogen-bond acceptors (Lipinski definition) is 3. The Bertz CT molecular complexity index is 605. The second kappa shape index (κ2) is 5.90. The molecule has 1 heterocycles. The third-order valence-electron chi connectivity index (χ3n) is 3.41. The molecule has 0 spiro atoms. The molecule has 1 aromatic heterocycles. The van der Waals surface area contributed by atoms with E-state index in [4.69, 9.17) is 0 Å². The lowest BCUT2D eigenvalue weighted by Crippen LogP contribution is -2.07. The molecule has 3 rings (SSSR count). The normalized spacial score (nSPS) is 15.0. The second-order valence-electron chi connectivity index (χ2n) is 5.50. The van der Waals surface area contributed by atoms with Crippen molar-refractivity contribution >= 4 is 27.7 Å². The number of thioether (sulfide) groups is 1. The van der Waals surface area contributed by atoms with E-state index in [0.717, 1.165) is 15.4 Å². The van der Waals surface area contributed by atoms with Gasteiger partial charge in [-0.3, -0.25) is 0 Å². The Morgan fingerprint density at radius 3 is 2.80 bits per heavy atom. The van der Waals surface area contributed by atoms with E-state index in [0.29, 0.717) is 12.0 Å². The molecule has 1 saturated carbocycles. The molecule has 0 saturated heterocycles. The van der Waals surface area contributed by atoms with Crippen LogP contribution in [0, 0.1) is 0 Å². The van der Waals surface area contributed by atoms with Gasteiger partial charge in [0, 0.05) is 22.2 Å². The van der Waals surface area contributed by atoms with Gasteiger partial charge in [-0.1, -0.05) is 39.8 Å². The largest absolute Gasteiger partial charge is 0.303 e. The maximum atomic E-state index is 4.41. The van der Waals surface area contributed by atoms with E-state index in [2.05, 4.69) is 68.8 Å². The quantitative estimate of drug-likeness (QED) is 0.725. The summed E-state index contributed by atoms with van der Waals surface area (Å²) >= 11 is 5.29. The fourth-order valence-corrected chi connectivity index (χ4v) is 3.73. The average molecular weight is 352 g/mol. The van der Waals surface area contributed by atoms with Crippen LogP contribution in [0.2, 0.25) is 0 Å². The molecule has 0 radical (unpaired) electrons. The van der Waals surface area contributed by atoms with Crippen LogP contribution in [0.4, 0.5) is 0 Å². The van der Waals surface area contributed by atoms with Crippen molar-refractivity contribution in [3.63, 3.8) is 0 Å². The van der Waals surface area contributed by atoms with Gasteiger partial charge in [0.15, 0.2) is 5.16 Å². The number of aromatic nitrogens is 3. The SMILES string of the molecule is CC(C)n1c(SCc2cccc(Br)c2)nnc1C1CC1. The highest BCUT2D eigenvalue weighted by Crippen LogP contribution is 2.41. The fraction of sp³-hybridized carbons (Fsp3) is 0.467. The minimum atomic E-state index is 0.422. The second-order valence-corrected chi connectivity index (χ2v) is 7.36. The van der Waals surface area contributed by atoms with Crippen molar-refractivity contribution in [1.82, 2.24) is 14.8 Å². The molecule has 1 fully saturated rings.